The Bertz CT molecular complexity index is 992. The van der Waals surface area contributed by atoms with E-state index in [0.29, 0.717) is 46.1 Å². The number of carbonyl (C=O) groups is 1. The molecule has 0 radical (unpaired) electrons. The van der Waals surface area contributed by atoms with Crippen molar-refractivity contribution in [2.24, 2.45) is 0 Å². The van der Waals surface area contributed by atoms with Crippen LogP contribution in [0.5, 0.6) is 11.5 Å². The molecular weight excluding hydrogens is 436 g/mol. The van der Waals surface area contributed by atoms with Gasteiger partial charge in [-0.05, 0) is 68.4 Å². The van der Waals surface area contributed by atoms with Crippen molar-refractivity contribution in [1.29, 1.82) is 0 Å². The number of benzene rings is 2. The van der Waals surface area contributed by atoms with E-state index in [2.05, 4.69) is 10.6 Å². The number of ether oxygens (including phenoxy) is 3. The van der Waals surface area contributed by atoms with Gasteiger partial charge in [-0.3, -0.25) is 0 Å². The van der Waals surface area contributed by atoms with E-state index in [4.69, 9.17) is 38.0 Å². The van der Waals surface area contributed by atoms with E-state index in [1.54, 1.807) is 13.8 Å². The van der Waals surface area contributed by atoms with Crippen molar-refractivity contribution in [3.8, 4) is 11.5 Å². The highest BCUT2D eigenvalue weighted by Crippen LogP contribution is 2.35. The summed E-state index contributed by atoms with van der Waals surface area (Å²) in [4.78, 5) is 12.6. The van der Waals surface area contributed by atoms with Crippen molar-refractivity contribution in [2.75, 3.05) is 13.2 Å². The Labute approximate surface area is 192 Å². The van der Waals surface area contributed by atoms with E-state index < -0.39 is 12.0 Å². The summed E-state index contributed by atoms with van der Waals surface area (Å²) >= 11 is 11.2. The Kier molecular flexibility index (Phi) is 7.76. The molecule has 1 aliphatic heterocycles. The maximum Gasteiger partial charge on any atom is 0.338 e. The molecule has 0 bridgehead atoms. The summed E-state index contributed by atoms with van der Waals surface area (Å²) in [6.07, 6.45) is 0. The molecule has 1 aliphatic rings. The molecule has 0 unspecified atom stereocenters. The fraction of sp³-hybridized carbons (Fsp3) is 0.304. The molecule has 6 nitrogen and oxygen atoms in total. The van der Waals surface area contributed by atoms with Gasteiger partial charge in [-0.2, -0.15) is 0 Å². The summed E-state index contributed by atoms with van der Waals surface area (Å²) in [5.41, 5.74) is 2.94. The second-order valence-electron chi connectivity index (χ2n) is 6.84. The van der Waals surface area contributed by atoms with Crippen LogP contribution in [0.1, 0.15) is 37.9 Å². The lowest BCUT2D eigenvalue weighted by Gasteiger charge is -2.30. The van der Waals surface area contributed by atoms with E-state index in [1.807, 2.05) is 49.4 Å². The third-order valence-electron chi connectivity index (χ3n) is 4.67. The summed E-state index contributed by atoms with van der Waals surface area (Å²) in [7, 11) is 0. The van der Waals surface area contributed by atoms with Gasteiger partial charge in [-0.25, -0.2) is 4.79 Å². The van der Waals surface area contributed by atoms with Crippen LogP contribution in [0, 0.1) is 0 Å². The van der Waals surface area contributed by atoms with E-state index in [9.17, 15) is 4.79 Å². The van der Waals surface area contributed by atoms with Gasteiger partial charge in [-0.1, -0.05) is 29.8 Å². The Balaban J connectivity index is 1.89. The fourth-order valence-electron chi connectivity index (χ4n) is 3.26. The maximum absolute atomic E-state index is 12.6. The zero-order valence-electron chi connectivity index (χ0n) is 17.7. The molecule has 0 saturated carbocycles. The Morgan fingerprint density at radius 3 is 2.48 bits per heavy atom. The molecule has 164 valence electrons. The van der Waals surface area contributed by atoms with Crippen molar-refractivity contribution in [1.82, 2.24) is 10.6 Å². The lowest BCUT2D eigenvalue weighted by molar-refractivity contribution is -0.139. The van der Waals surface area contributed by atoms with E-state index in [0.717, 1.165) is 11.1 Å². The monoisotopic (exact) mass is 460 g/mol. The average Bonchev–Trinajstić information content (AvgIpc) is 2.73. The third kappa shape index (κ3) is 5.68. The standard InChI is InChI=1S/C23H25ClN2O4S/c1-4-28-19-12-16(8-11-18(19)30-13-15-6-9-17(24)10-7-15)21-20(22(27)29-5-2)14(3)25-23(31)26-21/h6-12,21H,4-5,13H2,1-3H3,(H2,25,26,31)/t21-/m0/s1. The second-order valence-corrected chi connectivity index (χ2v) is 7.69. The molecule has 1 heterocycles. The predicted molar refractivity (Wildman–Crippen MR) is 124 cm³/mol. The van der Waals surface area contributed by atoms with Crippen LogP contribution in [0.4, 0.5) is 0 Å². The highest BCUT2D eigenvalue weighted by Gasteiger charge is 2.31. The van der Waals surface area contributed by atoms with Crippen molar-refractivity contribution in [3.63, 3.8) is 0 Å². The van der Waals surface area contributed by atoms with Crippen molar-refractivity contribution >= 4 is 34.9 Å². The van der Waals surface area contributed by atoms with Crippen molar-refractivity contribution in [3.05, 3.63) is 69.9 Å². The molecule has 0 aliphatic carbocycles. The van der Waals surface area contributed by atoms with E-state index >= 15 is 0 Å². The first-order valence-corrected chi connectivity index (χ1v) is 10.8. The number of rotatable bonds is 8. The highest BCUT2D eigenvalue weighted by molar-refractivity contribution is 7.80. The number of thiocarbonyl (C=S) groups is 1. The van der Waals surface area contributed by atoms with Gasteiger partial charge in [0.15, 0.2) is 16.6 Å². The Hall–Kier alpha value is -2.77. The number of carbonyl (C=O) groups excluding carboxylic acids is 1. The van der Waals surface area contributed by atoms with Gasteiger partial charge < -0.3 is 24.8 Å². The summed E-state index contributed by atoms with van der Waals surface area (Å²) in [5.74, 6) is 0.796. The van der Waals surface area contributed by atoms with Gasteiger partial charge in [0.05, 0.1) is 24.8 Å². The molecule has 1 atom stereocenters. The fourth-order valence-corrected chi connectivity index (χ4v) is 3.65. The van der Waals surface area contributed by atoms with Crippen LogP contribution in [0.15, 0.2) is 53.7 Å². The first-order chi connectivity index (χ1) is 14.9. The molecule has 2 N–H and O–H groups in total. The molecule has 3 rings (SSSR count). The third-order valence-corrected chi connectivity index (χ3v) is 5.14. The van der Waals surface area contributed by atoms with E-state index in [1.165, 1.54) is 0 Å². The van der Waals surface area contributed by atoms with Crippen LogP contribution in [0.2, 0.25) is 5.02 Å². The van der Waals surface area contributed by atoms with Crippen LogP contribution >= 0.6 is 23.8 Å². The van der Waals surface area contributed by atoms with Crippen LogP contribution in [0.3, 0.4) is 0 Å². The summed E-state index contributed by atoms with van der Waals surface area (Å²) in [6, 6.07) is 12.6. The van der Waals surface area contributed by atoms with E-state index in [-0.39, 0.29) is 6.61 Å². The lowest BCUT2D eigenvalue weighted by atomic mass is 9.95. The summed E-state index contributed by atoms with van der Waals surface area (Å²) in [6.45, 7) is 6.62. The molecule has 0 fully saturated rings. The van der Waals surface area contributed by atoms with Gasteiger partial charge in [0.25, 0.3) is 0 Å². The Morgan fingerprint density at radius 1 is 1.06 bits per heavy atom. The van der Waals surface area contributed by atoms with Crippen LogP contribution in [0.25, 0.3) is 0 Å². The quantitative estimate of drug-likeness (QED) is 0.438. The SMILES string of the molecule is CCOC(=O)C1=C(C)NC(=S)N[C@H]1c1ccc(OCc2ccc(Cl)cc2)c(OCC)c1. The van der Waals surface area contributed by atoms with Crippen molar-refractivity contribution in [2.45, 2.75) is 33.4 Å². The molecule has 0 aromatic heterocycles. The highest BCUT2D eigenvalue weighted by atomic mass is 35.5. The summed E-state index contributed by atoms with van der Waals surface area (Å²) < 4.78 is 17.1. The smallest absolute Gasteiger partial charge is 0.338 e. The number of allylic oxidation sites excluding steroid dienone is 1. The summed E-state index contributed by atoms with van der Waals surface area (Å²) in [5, 5.41) is 7.27. The van der Waals surface area contributed by atoms with Crippen LogP contribution < -0.4 is 20.1 Å². The van der Waals surface area contributed by atoms with Gasteiger partial charge in [0.1, 0.15) is 6.61 Å². The molecule has 8 heteroatoms. The minimum Gasteiger partial charge on any atom is -0.490 e. The van der Waals surface area contributed by atoms with Crippen molar-refractivity contribution < 1.29 is 19.0 Å². The first kappa shape index (κ1) is 22.9. The van der Waals surface area contributed by atoms with Gasteiger partial charge >= 0.3 is 5.97 Å². The normalized spacial score (nSPS) is 15.7. The minimum atomic E-state index is -0.461. The van der Waals surface area contributed by atoms with Gasteiger partial charge in [0, 0.05) is 10.7 Å². The largest absolute Gasteiger partial charge is 0.490 e. The maximum atomic E-state index is 12.6. The van der Waals surface area contributed by atoms with Gasteiger partial charge in [0.2, 0.25) is 0 Å². The van der Waals surface area contributed by atoms with Crippen LogP contribution in [-0.4, -0.2) is 24.3 Å². The molecule has 0 spiro atoms. The average molecular weight is 461 g/mol. The number of hydrogen-bond acceptors (Lipinski definition) is 5. The molecule has 0 amide bonds. The Morgan fingerprint density at radius 2 is 1.81 bits per heavy atom. The topological polar surface area (TPSA) is 68.8 Å². The first-order valence-electron chi connectivity index (χ1n) is 10.0. The number of nitrogens with one attached hydrogen (secondary N) is 2. The van der Waals surface area contributed by atoms with Gasteiger partial charge in [-0.15, -0.1) is 0 Å². The molecule has 31 heavy (non-hydrogen) atoms. The minimum absolute atomic E-state index is 0.286. The zero-order chi connectivity index (χ0) is 22.4. The molecule has 2 aromatic carbocycles. The number of hydrogen-bond donors (Lipinski definition) is 2. The second kappa shape index (κ2) is 10.5. The lowest BCUT2D eigenvalue weighted by Crippen LogP contribution is -2.45. The molecule has 0 saturated heterocycles. The zero-order valence-corrected chi connectivity index (χ0v) is 19.2. The predicted octanol–water partition coefficient (Wildman–Crippen LogP) is 4.67. The van der Waals surface area contributed by atoms with Crippen LogP contribution in [-0.2, 0) is 16.1 Å². The number of halogens is 1. The molecule has 2 aromatic rings. The number of esters is 1. The molecular formula is C23H25ClN2O4S.